The Morgan fingerprint density at radius 1 is 1.33 bits per heavy atom. The molecule has 4 heteroatoms. The molecular formula is C14H22ClNO2. The van der Waals surface area contributed by atoms with Crippen LogP contribution in [-0.2, 0) is 9.53 Å². The number of carbonyl (C=O) groups excluding carboxylic acids is 1. The van der Waals surface area contributed by atoms with E-state index in [1.165, 1.54) is 12.5 Å². The molecule has 0 amide bonds. The number of ether oxygens (including phenoxy) is 1. The first-order chi connectivity index (χ1) is 8.09. The van der Waals surface area contributed by atoms with E-state index in [2.05, 4.69) is 36.1 Å². The third kappa shape index (κ3) is 6.62. The van der Waals surface area contributed by atoms with E-state index in [-0.39, 0.29) is 18.4 Å². The second-order valence-corrected chi connectivity index (χ2v) is 4.41. The summed E-state index contributed by atoms with van der Waals surface area (Å²) in [6, 6.07) is 10.4. The van der Waals surface area contributed by atoms with Crippen molar-refractivity contribution in [1.82, 2.24) is 4.90 Å². The molecule has 0 saturated heterocycles. The van der Waals surface area contributed by atoms with E-state index in [0.29, 0.717) is 12.5 Å². The highest BCUT2D eigenvalue weighted by Gasteiger charge is 2.08. The van der Waals surface area contributed by atoms with Crippen LogP contribution in [0.25, 0.3) is 0 Å². The highest BCUT2D eigenvalue weighted by atomic mass is 35.5. The fraction of sp³-hybridized carbons (Fsp3) is 0.500. The van der Waals surface area contributed by atoms with Gasteiger partial charge in [0.25, 0.3) is 0 Å². The normalized spacial score (nSPS) is 11.8. The summed E-state index contributed by atoms with van der Waals surface area (Å²) in [5.74, 6) is 0.271. The molecule has 0 N–H and O–H groups in total. The van der Waals surface area contributed by atoms with Crippen LogP contribution in [0.1, 0.15) is 25.3 Å². The van der Waals surface area contributed by atoms with Crippen LogP contribution >= 0.6 is 12.4 Å². The fourth-order valence-corrected chi connectivity index (χ4v) is 1.79. The molecule has 1 unspecified atom stereocenters. The molecule has 0 aromatic heterocycles. The van der Waals surface area contributed by atoms with Gasteiger partial charge in [0.05, 0.1) is 0 Å². The topological polar surface area (TPSA) is 29.5 Å². The molecule has 1 atom stereocenters. The number of carbonyl (C=O) groups is 1. The molecule has 3 nitrogen and oxygen atoms in total. The van der Waals surface area contributed by atoms with Crippen LogP contribution in [0.3, 0.4) is 0 Å². The maximum absolute atomic E-state index is 10.6. The van der Waals surface area contributed by atoms with Gasteiger partial charge >= 0.3 is 5.97 Å². The molecule has 0 aliphatic rings. The van der Waals surface area contributed by atoms with Crippen LogP contribution in [0.4, 0.5) is 0 Å². The summed E-state index contributed by atoms with van der Waals surface area (Å²) in [7, 11) is 2.04. The number of hydrogen-bond donors (Lipinski definition) is 0. The van der Waals surface area contributed by atoms with Gasteiger partial charge in [-0.05, 0) is 18.5 Å². The summed E-state index contributed by atoms with van der Waals surface area (Å²) < 4.78 is 4.92. The first-order valence-electron chi connectivity index (χ1n) is 5.96. The summed E-state index contributed by atoms with van der Waals surface area (Å²) in [6.07, 6.45) is 0. The molecule has 0 aliphatic carbocycles. The van der Waals surface area contributed by atoms with Crippen molar-refractivity contribution in [3.05, 3.63) is 35.9 Å². The number of hydrogen-bond acceptors (Lipinski definition) is 3. The van der Waals surface area contributed by atoms with Crippen LogP contribution < -0.4 is 0 Å². The van der Waals surface area contributed by atoms with Gasteiger partial charge in [-0.25, -0.2) is 0 Å². The lowest BCUT2D eigenvalue weighted by Crippen LogP contribution is -2.27. The quantitative estimate of drug-likeness (QED) is 0.745. The minimum atomic E-state index is -0.213. The van der Waals surface area contributed by atoms with Gasteiger partial charge in [0, 0.05) is 20.0 Å². The van der Waals surface area contributed by atoms with Crippen molar-refractivity contribution < 1.29 is 9.53 Å². The Kier molecular flexibility index (Phi) is 8.42. The summed E-state index contributed by atoms with van der Waals surface area (Å²) >= 11 is 0. The van der Waals surface area contributed by atoms with Crippen molar-refractivity contribution in [2.45, 2.75) is 19.8 Å². The van der Waals surface area contributed by atoms with Crippen molar-refractivity contribution in [3.8, 4) is 0 Å². The standard InChI is InChI=1S/C14H21NO2.ClH/c1-12(14-7-5-4-6-8-14)11-15(3)9-10-17-13(2)16;/h4-8,12H,9-11H2,1-3H3;1H. The smallest absolute Gasteiger partial charge is 0.302 e. The number of esters is 1. The number of nitrogens with zero attached hydrogens (tertiary/aromatic N) is 1. The van der Waals surface area contributed by atoms with Gasteiger partial charge in [0.15, 0.2) is 0 Å². The van der Waals surface area contributed by atoms with Gasteiger partial charge < -0.3 is 9.64 Å². The Morgan fingerprint density at radius 2 is 1.94 bits per heavy atom. The summed E-state index contributed by atoms with van der Waals surface area (Å²) in [4.78, 5) is 12.8. The Balaban J connectivity index is 0.00000289. The number of likely N-dealkylation sites (N-methyl/N-ethyl adjacent to an activating group) is 1. The fourth-order valence-electron chi connectivity index (χ4n) is 1.79. The van der Waals surface area contributed by atoms with E-state index in [1.54, 1.807) is 0 Å². The Hall–Kier alpha value is -1.06. The minimum Gasteiger partial charge on any atom is -0.465 e. The Labute approximate surface area is 116 Å². The predicted molar refractivity (Wildman–Crippen MR) is 76.2 cm³/mol. The molecule has 18 heavy (non-hydrogen) atoms. The van der Waals surface area contributed by atoms with Crippen LogP contribution in [0.2, 0.25) is 0 Å². The molecule has 102 valence electrons. The molecule has 0 bridgehead atoms. The zero-order valence-corrected chi connectivity index (χ0v) is 12.1. The number of halogens is 1. The lowest BCUT2D eigenvalue weighted by atomic mass is 10.0. The Morgan fingerprint density at radius 3 is 2.50 bits per heavy atom. The molecule has 0 radical (unpaired) electrons. The maximum atomic E-state index is 10.6. The monoisotopic (exact) mass is 271 g/mol. The average molecular weight is 272 g/mol. The average Bonchev–Trinajstić information content (AvgIpc) is 2.29. The third-order valence-electron chi connectivity index (χ3n) is 2.73. The van der Waals surface area contributed by atoms with E-state index in [4.69, 9.17) is 4.74 Å². The number of rotatable bonds is 6. The molecule has 1 aromatic carbocycles. The number of benzene rings is 1. The second kappa shape index (κ2) is 8.95. The minimum absolute atomic E-state index is 0. The van der Waals surface area contributed by atoms with E-state index >= 15 is 0 Å². The van der Waals surface area contributed by atoms with E-state index in [9.17, 15) is 4.79 Å². The largest absolute Gasteiger partial charge is 0.465 e. The van der Waals surface area contributed by atoms with Gasteiger partial charge in [-0.2, -0.15) is 0 Å². The summed E-state index contributed by atoms with van der Waals surface area (Å²) in [6.45, 7) is 5.85. The van der Waals surface area contributed by atoms with Crippen LogP contribution in [-0.4, -0.2) is 37.6 Å². The van der Waals surface area contributed by atoms with Crippen molar-refractivity contribution in [2.24, 2.45) is 0 Å². The van der Waals surface area contributed by atoms with Crippen molar-refractivity contribution in [1.29, 1.82) is 0 Å². The molecular weight excluding hydrogens is 250 g/mol. The first-order valence-corrected chi connectivity index (χ1v) is 5.96. The summed E-state index contributed by atoms with van der Waals surface area (Å²) in [5.41, 5.74) is 1.34. The first kappa shape index (κ1) is 16.9. The summed E-state index contributed by atoms with van der Waals surface area (Å²) in [5, 5.41) is 0. The zero-order valence-electron chi connectivity index (χ0n) is 11.3. The van der Waals surface area contributed by atoms with E-state index in [0.717, 1.165) is 13.1 Å². The predicted octanol–water partition coefficient (Wildman–Crippen LogP) is 2.71. The van der Waals surface area contributed by atoms with Gasteiger partial charge in [-0.1, -0.05) is 37.3 Å². The van der Waals surface area contributed by atoms with Crippen molar-refractivity contribution in [3.63, 3.8) is 0 Å². The molecule has 0 fully saturated rings. The van der Waals surface area contributed by atoms with Crippen molar-refractivity contribution in [2.75, 3.05) is 26.7 Å². The highest BCUT2D eigenvalue weighted by Crippen LogP contribution is 2.15. The zero-order chi connectivity index (χ0) is 12.7. The Bertz CT molecular complexity index is 343. The van der Waals surface area contributed by atoms with Crippen LogP contribution in [0, 0.1) is 0 Å². The van der Waals surface area contributed by atoms with Crippen LogP contribution in [0.15, 0.2) is 30.3 Å². The lowest BCUT2D eigenvalue weighted by Gasteiger charge is -2.21. The second-order valence-electron chi connectivity index (χ2n) is 4.41. The molecule has 1 rings (SSSR count). The van der Waals surface area contributed by atoms with Gasteiger partial charge in [0.1, 0.15) is 6.61 Å². The van der Waals surface area contributed by atoms with Crippen LogP contribution in [0.5, 0.6) is 0 Å². The third-order valence-corrected chi connectivity index (χ3v) is 2.73. The molecule has 0 saturated carbocycles. The van der Waals surface area contributed by atoms with Gasteiger partial charge in [0.2, 0.25) is 0 Å². The lowest BCUT2D eigenvalue weighted by molar-refractivity contribution is -0.141. The maximum Gasteiger partial charge on any atom is 0.302 e. The van der Waals surface area contributed by atoms with Gasteiger partial charge in [-0.3, -0.25) is 4.79 Å². The molecule has 1 aromatic rings. The van der Waals surface area contributed by atoms with Crippen molar-refractivity contribution >= 4 is 18.4 Å². The molecule has 0 heterocycles. The van der Waals surface area contributed by atoms with Gasteiger partial charge in [-0.15, -0.1) is 12.4 Å². The SMILES string of the molecule is CC(=O)OCCN(C)CC(C)c1ccccc1.Cl. The molecule has 0 spiro atoms. The molecule has 0 aliphatic heterocycles. The highest BCUT2D eigenvalue weighted by molar-refractivity contribution is 5.85. The van der Waals surface area contributed by atoms with E-state index in [1.807, 2.05) is 13.1 Å². The van der Waals surface area contributed by atoms with E-state index < -0.39 is 0 Å².